The minimum atomic E-state index is -4.39. The molecule has 0 atom stereocenters. The van der Waals surface area contributed by atoms with Crippen LogP contribution in [0.3, 0.4) is 0 Å². The van der Waals surface area contributed by atoms with Crippen molar-refractivity contribution in [2.24, 2.45) is 4.99 Å². The average Bonchev–Trinajstić information content (AvgIpc) is 3.21. The Kier molecular flexibility index (Phi) is 6.73. The van der Waals surface area contributed by atoms with Gasteiger partial charge in [0.05, 0.1) is 5.01 Å². The van der Waals surface area contributed by atoms with Crippen LogP contribution in [0.25, 0.3) is 0 Å². The highest BCUT2D eigenvalue weighted by molar-refractivity contribution is 7.09. The van der Waals surface area contributed by atoms with E-state index in [2.05, 4.69) is 30.8 Å². The molecular weight excluding hydrogens is 355 g/mol. The van der Waals surface area contributed by atoms with E-state index in [-0.39, 0.29) is 0 Å². The number of hydrogen-bond acceptors (Lipinski definition) is 5. The van der Waals surface area contributed by atoms with E-state index < -0.39 is 11.9 Å². The first-order valence-corrected chi connectivity index (χ1v) is 8.64. The molecule has 0 aliphatic carbocycles. The van der Waals surface area contributed by atoms with Crippen LogP contribution in [0, 0.1) is 0 Å². The molecule has 25 heavy (non-hydrogen) atoms. The van der Waals surface area contributed by atoms with E-state index in [1.54, 1.807) is 13.4 Å². The fraction of sp³-hybridized carbons (Fsp3) is 0.571. The molecule has 0 saturated carbocycles. The topological polar surface area (TPSA) is 80.0 Å². The van der Waals surface area contributed by atoms with Gasteiger partial charge in [-0.2, -0.15) is 13.2 Å². The van der Waals surface area contributed by atoms with Crippen LogP contribution in [0.4, 0.5) is 13.2 Å². The van der Waals surface area contributed by atoms with Gasteiger partial charge in [-0.1, -0.05) is 6.92 Å². The zero-order chi connectivity index (χ0) is 18.3. The number of aromatic nitrogens is 4. The summed E-state index contributed by atoms with van der Waals surface area (Å²) in [6.45, 7) is 3.77. The summed E-state index contributed by atoms with van der Waals surface area (Å²) in [4.78, 5) is 7.68. The lowest BCUT2D eigenvalue weighted by Gasteiger charge is -2.12. The fourth-order valence-corrected chi connectivity index (χ4v) is 2.90. The van der Waals surface area contributed by atoms with Gasteiger partial charge in [0.25, 0.3) is 0 Å². The summed E-state index contributed by atoms with van der Waals surface area (Å²) in [5, 5.41) is 15.5. The van der Waals surface area contributed by atoms with Crippen molar-refractivity contribution in [2.45, 2.75) is 32.5 Å². The lowest BCUT2D eigenvalue weighted by molar-refractivity contribution is -0.140. The Bertz CT molecular complexity index is 693. The molecule has 2 rings (SSSR count). The standard InChI is InChI=1S/C14H20F3N7S/c1-3-11-23-21-9-24(11)7-6-20-13(18-2)19-5-4-12-22-10(8-25-12)14(15,16)17/h8-9H,3-7H2,1-2H3,(H2,18,19,20). The number of rotatable bonds is 7. The van der Waals surface area contributed by atoms with Gasteiger partial charge in [0.1, 0.15) is 12.2 Å². The van der Waals surface area contributed by atoms with Crippen molar-refractivity contribution in [1.29, 1.82) is 0 Å². The third kappa shape index (κ3) is 5.69. The Balaban J connectivity index is 1.72. The van der Waals surface area contributed by atoms with Crippen molar-refractivity contribution in [1.82, 2.24) is 30.4 Å². The Morgan fingerprint density at radius 1 is 1.32 bits per heavy atom. The van der Waals surface area contributed by atoms with E-state index in [9.17, 15) is 13.2 Å². The number of aryl methyl sites for hydroxylation is 1. The van der Waals surface area contributed by atoms with Crippen LogP contribution >= 0.6 is 11.3 Å². The molecule has 0 amide bonds. The van der Waals surface area contributed by atoms with Gasteiger partial charge in [-0.3, -0.25) is 4.99 Å². The van der Waals surface area contributed by atoms with Gasteiger partial charge in [-0.05, 0) is 0 Å². The van der Waals surface area contributed by atoms with Crippen LogP contribution in [0.15, 0.2) is 16.7 Å². The second kappa shape index (κ2) is 8.79. The molecule has 138 valence electrons. The number of guanidine groups is 1. The van der Waals surface area contributed by atoms with Gasteiger partial charge in [0.2, 0.25) is 0 Å². The quantitative estimate of drug-likeness (QED) is 0.569. The Morgan fingerprint density at radius 3 is 2.72 bits per heavy atom. The van der Waals surface area contributed by atoms with Gasteiger partial charge < -0.3 is 15.2 Å². The summed E-state index contributed by atoms with van der Waals surface area (Å²) in [7, 11) is 1.64. The Hall–Kier alpha value is -2.17. The molecule has 11 heteroatoms. The molecule has 0 radical (unpaired) electrons. The van der Waals surface area contributed by atoms with E-state index in [0.29, 0.717) is 37.0 Å². The predicted molar refractivity (Wildman–Crippen MR) is 89.6 cm³/mol. The number of nitrogens with one attached hydrogen (secondary N) is 2. The molecule has 0 aliphatic rings. The third-order valence-corrected chi connectivity index (χ3v) is 4.26. The van der Waals surface area contributed by atoms with Crippen molar-refractivity contribution in [3.05, 3.63) is 28.2 Å². The molecule has 2 N–H and O–H groups in total. The van der Waals surface area contributed by atoms with E-state index in [4.69, 9.17) is 0 Å². The Labute approximate surface area is 147 Å². The van der Waals surface area contributed by atoms with Crippen LogP contribution < -0.4 is 10.6 Å². The van der Waals surface area contributed by atoms with Crippen LogP contribution in [0.2, 0.25) is 0 Å². The number of alkyl halides is 3. The number of aliphatic imine (C=N–C) groups is 1. The molecule has 0 saturated heterocycles. The van der Waals surface area contributed by atoms with Crippen molar-refractivity contribution >= 4 is 17.3 Å². The van der Waals surface area contributed by atoms with E-state index in [1.807, 2.05) is 11.5 Å². The number of nitrogens with zero attached hydrogens (tertiary/aromatic N) is 5. The molecule has 0 aromatic carbocycles. The van der Waals surface area contributed by atoms with Crippen molar-refractivity contribution in [2.75, 3.05) is 20.1 Å². The monoisotopic (exact) mass is 375 g/mol. The second-order valence-corrected chi connectivity index (χ2v) is 6.04. The first kappa shape index (κ1) is 19.2. The molecule has 0 bridgehead atoms. The average molecular weight is 375 g/mol. The molecule has 7 nitrogen and oxygen atoms in total. The summed E-state index contributed by atoms with van der Waals surface area (Å²) < 4.78 is 39.5. The summed E-state index contributed by atoms with van der Waals surface area (Å²) in [6.07, 6.45) is -1.51. The van der Waals surface area contributed by atoms with Gasteiger partial charge in [-0.15, -0.1) is 21.5 Å². The van der Waals surface area contributed by atoms with Crippen LogP contribution in [0.1, 0.15) is 23.4 Å². The molecule has 2 aromatic heterocycles. The first-order chi connectivity index (χ1) is 11.9. The summed E-state index contributed by atoms with van der Waals surface area (Å²) >= 11 is 1.01. The fourth-order valence-electron chi connectivity index (χ4n) is 2.10. The lowest BCUT2D eigenvalue weighted by atomic mass is 10.4. The van der Waals surface area contributed by atoms with Gasteiger partial charge >= 0.3 is 6.18 Å². The zero-order valence-corrected chi connectivity index (χ0v) is 14.8. The van der Waals surface area contributed by atoms with E-state index in [1.165, 1.54) is 0 Å². The van der Waals surface area contributed by atoms with Crippen LogP contribution in [-0.2, 0) is 25.6 Å². The predicted octanol–water partition coefficient (Wildman–Crippen LogP) is 1.72. The number of halogens is 3. The largest absolute Gasteiger partial charge is 0.434 e. The summed E-state index contributed by atoms with van der Waals surface area (Å²) in [5.41, 5.74) is -0.837. The highest BCUT2D eigenvalue weighted by Gasteiger charge is 2.33. The second-order valence-electron chi connectivity index (χ2n) is 5.09. The minimum Gasteiger partial charge on any atom is -0.356 e. The van der Waals surface area contributed by atoms with Crippen molar-refractivity contribution in [3.63, 3.8) is 0 Å². The molecule has 0 fully saturated rings. The highest BCUT2D eigenvalue weighted by atomic mass is 32.1. The van der Waals surface area contributed by atoms with Crippen molar-refractivity contribution < 1.29 is 13.2 Å². The number of thiazole rings is 1. The highest BCUT2D eigenvalue weighted by Crippen LogP contribution is 2.29. The van der Waals surface area contributed by atoms with Crippen molar-refractivity contribution in [3.8, 4) is 0 Å². The maximum absolute atomic E-state index is 12.5. The molecular formula is C14H20F3N7S. The van der Waals surface area contributed by atoms with Crippen LogP contribution in [-0.4, -0.2) is 45.8 Å². The SMILES string of the molecule is CCc1nncn1CCNC(=NC)NCCc1nc(C(F)(F)F)cs1. The maximum atomic E-state index is 12.5. The minimum absolute atomic E-state index is 0.396. The molecule has 2 heterocycles. The first-order valence-electron chi connectivity index (χ1n) is 7.76. The third-order valence-electron chi connectivity index (χ3n) is 3.35. The molecule has 2 aromatic rings. The van der Waals surface area contributed by atoms with Gasteiger partial charge in [-0.25, -0.2) is 4.98 Å². The smallest absolute Gasteiger partial charge is 0.356 e. The van der Waals surface area contributed by atoms with E-state index >= 15 is 0 Å². The lowest BCUT2D eigenvalue weighted by Crippen LogP contribution is -2.39. The Morgan fingerprint density at radius 2 is 2.08 bits per heavy atom. The van der Waals surface area contributed by atoms with E-state index in [0.717, 1.165) is 29.0 Å². The summed E-state index contributed by atoms with van der Waals surface area (Å²) in [6, 6.07) is 0. The number of hydrogen-bond donors (Lipinski definition) is 2. The summed E-state index contributed by atoms with van der Waals surface area (Å²) in [5.74, 6) is 1.49. The molecule has 0 aliphatic heterocycles. The van der Waals surface area contributed by atoms with Crippen LogP contribution in [0.5, 0.6) is 0 Å². The maximum Gasteiger partial charge on any atom is 0.434 e. The van der Waals surface area contributed by atoms with Gasteiger partial charge in [0.15, 0.2) is 11.7 Å². The zero-order valence-electron chi connectivity index (χ0n) is 14.0. The normalized spacial score (nSPS) is 12.4. The molecule has 0 unspecified atom stereocenters. The molecule has 0 spiro atoms. The van der Waals surface area contributed by atoms with Gasteiger partial charge in [0, 0.05) is 44.9 Å².